The van der Waals surface area contributed by atoms with E-state index in [1.165, 1.54) is 18.4 Å². The van der Waals surface area contributed by atoms with Crippen LogP contribution < -0.4 is 5.32 Å². The second-order valence-corrected chi connectivity index (χ2v) is 5.81. The van der Waals surface area contributed by atoms with Crippen LogP contribution in [-0.4, -0.2) is 55.5 Å². The van der Waals surface area contributed by atoms with Gasteiger partial charge in [0.2, 0.25) is 0 Å². The van der Waals surface area contributed by atoms with Crippen molar-refractivity contribution < 1.29 is 0 Å². The third-order valence-corrected chi connectivity index (χ3v) is 3.83. The molecule has 22 heavy (non-hydrogen) atoms. The van der Waals surface area contributed by atoms with Gasteiger partial charge in [-0.3, -0.25) is 4.90 Å². The van der Waals surface area contributed by atoms with Gasteiger partial charge in [0.15, 0.2) is 5.96 Å². The maximum absolute atomic E-state index is 4.69. The molecule has 0 radical (unpaired) electrons. The SMILES string of the molecule is CCN(CCNC(=NCc1ccccc1)N(C)C)C1CC1.I. The van der Waals surface area contributed by atoms with Gasteiger partial charge in [0, 0.05) is 33.2 Å². The molecule has 5 heteroatoms. The number of hydrogen-bond acceptors (Lipinski definition) is 2. The first-order chi connectivity index (χ1) is 10.2. The van der Waals surface area contributed by atoms with E-state index in [4.69, 9.17) is 0 Å². The molecule has 1 N–H and O–H groups in total. The monoisotopic (exact) mass is 416 g/mol. The van der Waals surface area contributed by atoms with E-state index in [1.54, 1.807) is 0 Å². The highest BCUT2D eigenvalue weighted by Crippen LogP contribution is 2.25. The van der Waals surface area contributed by atoms with Gasteiger partial charge in [-0.05, 0) is 24.9 Å². The highest BCUT2D eigenvalue weighted by atomic mass is 127. The Hall–Kier alpha value is -0.820. The van der Waals surface area contributed by atoms with Crippen LogP contribution in [0.2, 0.25) is 0 Å². The molecule has 0 bridgehead atoms. The van der Waals surface area contributed by atoms with Crippen LogP contribution in [0.25, 0.3) is 0 Å². The zero-order valence-corrected chi connectivity index (χ0v) is 16.3. The van der Waals surface area contributed by atoms with E-state index in [-0.39, 0.29) is 24.0 Å². The lowest BCUT2D eigenvalue weighted by atomic mass is 10.2. The van der Waals surface area contributed by atoms with Gasteiger partial charge in [0.1, 0.15) is 0 Å². The third kappa shape index (κ3) is 6.52. The van der Waals surface area contributed by atoms with Crippen LogP contribution in [0.3, 0.4) is 0 Å². The molecule has 0 aliphatic heterocycles. The Kier molecular flexibility index (Phi) is 8.78. The maximum atomic E-state index is 4.69. The highest BCUT2D eigenvalue weighted by molar-refractivity contribution is 14.0. The maximum Gasteiger partial charge on any atom is 0.193 e. The van der Waals surface area contributed by atoms with E-state index < -0.39 is 0 Å². The number of benzene rings is 1. The quantitative estimate of drug-likeness (QED) is 0.422. The summed E-state index contributed by atoms with van der Waals surface area (Å²) in [5.74, 6) is 0.964. The Labute approximate surface area is 152 Å². The van der Waals surface area contributed by atoms with Gasteiger partial charge in [0.05, 0.1) is 6.54 Å². The minimum Gasteiger partial charge on any atom is -0.355 e. The van der Waals surface area contributed by atoms with Crippen LogP contribution in [0.4, 0.5) is 0 Å². The Bertz CT molecular complexity index is 443. The van der Waals surface area contributed by atoms with E-state index in [9.17, 15) is 0 Å². The summed E-state index contributed by atoms with van der Waals surface area (Å²) in [7, 11) is 4.07. The minimum absolute atomic E-state index is 0. The molecule has 1 aliphatic rings. The second kappa shape index (κ2) is 10.0. The van der Waals surface area contributed by atoms with Gasteiger partial charge in [-0.15, -0.1) is 24.0 Å². The third-order valence-electron chi connectivity index (χ3n) is 3.83. The van der Waals surface area contributed by atoms with Gasteiger partial charge in [-0.1, -0.05) is 37.3 Å². The molecule has 0 heterocycles. The van der Waals surface area contributed by atoms with Crippen molar-refractivity contribution in [1.29, 1.82) is 0 Å². The fourth-order valence-electron chi connectivity index (χ4n) is 2.45. The van der Waals surface area contributed by atoms with E-state index in [0.717, 1.165) is 38.2 Å². The Morgan fingerprint density at radius 2 is 1.91 bits per heavy atom. The molecule has 0 atom stereocenters. The van der Waals surface area contributed by atoms with Crippen LogP contribution >= 0.6 is 24.0 Å². The van der Waals surface area contributed by atoms with Crippen molar-refractivity contribution in [3.63, 3.8) is 0 Å². The van der Waals surface area contributed by atoms with Gasteiger partial charge >= 0.3 is 0 Å². The average Bonchev–Trinajstić information content (AvgIpc) is 3.32. The summed E-state index contributed by atoms with van der Waals surface area (Å²) >= 11 is 0. The number of halogens is 1. The number of aliphatic imine (C=N–C) groups is 1. The molecular formula is C17H29IN4. The Morgan fingerprint density at radius 3 is 2.45 bits per heavy atom. The van der Waals surface area contributed by atoms with E-state index in [1.807, 2.05) is 20.2 Å². The molecule has 124 valence electrons. The standard InChI is InChI=1S/C17H28N4.HI/c1-4-21(16-10-11-16)13-12-18-17(20(2)3)19-14-15-8-6-5-7-9-15;/h5-9,16H,4,10-14H2,1-3H3,(H,18,19);1H. The molecule has 0 aromatic heterocycles. The fourth-order valence-corrected chi connectivity index (χ4v) is 2.45. The first-order valence-electron chi connectivity index (χ1n) is 7.94. The number of rotatable bonds is 7. The summed E-state index contributed by atoms with van der Waals surface area (Å²) in [6.45, 7) is 6.16. The summed E-state index contributed by atoms with van der Waals surface area (Å²) in [6, 6.07) is 11.2. The predicted octanol–water partition coefficient (Wildman–Crippen LogP) is 2.80. The fraction of sp³-hybridized carbons (Fsp3) is 0.588. The summed E-state index contributed by atoms with van der Waals surface area (Å²) in [4.78, 5) is 9.29. The zero-order chi connectivity index (χ0) is 15.1. The molecule has 1 aliphatic carbocycles. The average molecular weight is 416 g/mol. The molecule has 0 unspecified atom stereocenters. The van der Waals surface area contributed by atoms with Crippen LogP contribution in [0, 0.1) is 0 Å². The summed E-state index contributed by atoms with van der Waals surface area (Å²) < 4.78 is 0. The molecule has 1 aromatic carbocycles. The molecule has 1 fully saturated rings. The lowest BCUT2D eigenvalue weighted by molar-refractivity contribution is 0.281. The minimum atomic E-state index is 0. The van der Waals surface area contributed by atoms with Crippen LogP contribution in [0.1, 0.15) is 25.3 Å². The van der Waals surface area contributed by atoms with Crippen molar-refractivity contribution in [3.8, 4) is 0 Å². The van der Waals surface area contributed by atoms with Crippen molar-refractivity contribution in [2.45, 2.75) is 32.4 Å². The van der Waals surface area contributed by atoms with Crippen molar-refractivity contribution in [1.82, 2.24) is 15.1 Å². The molecule has 4 nitrogen and oxygen atoms in total. The van der Waals surface area contributed by atoms with Gasteiger partial charge in [0.25, 0.3) is 0 Å². The van der Waals surface area contributed by atoms with Crippen LogP contribution in [-0.2, 0) is 6.54 Å². The smallest absolute Gasteiger partial charge is 0.193 e. The zero-order valence-electron chi connectivity index (χ0n) is 14.0. The Morgan fingerprint density at radius 1 is 1.23 bits per heavy atom. The van der Waals surface area contributed by atoms with Gasteiger partial charge < -0.3 is 10.2 Å². The predicted molar refractivity (Wildman–Crippen MR) is 105 cm³/mol. The van der Waals surface area contributed by atoms with E-state index in [0.29, 0.717) is 0 Å². The van der Waals surface area contributed by atoms with E-state index in [2.05, 4.69) is 51.3 Å². The summed E-state index contributed by atoms with van der Waals surface area (Å²) in [5.41, 5.74) is 1.24. The molecule has 1 aromatic rings. The van der Waals surface area contributed by atoms with Gasteiger partial charge in [-0.2, -0.15) is 0 Å². The van der Waals surface area contributed by atoms with Crippen LogP contribution in [0.5, 0.6) is 0 Å². The molecule has 0 spiro atoms. The van der Waals surface area contributed by atoms with Crippen LogP contribution in [0.15, 0.2) is 35.3 Å². The molecule has 2 rings (SSSR count). The number of guanidine groups is 1. The lowest BCUT2D eigenvalue weighted by Gasteiger charge is -2.22. The molecular weight excluding hydrogens is 387 g/mol. The number of nitrogens with zero attached hydrogens (tertiary/aromatic N) is 3. The molecule has 0 amide bonds. The summed E-state index contributed by atoms with van der Waals surface area (Å²) in [5, 5.41) is 3.47. The largest absolute Gasteiger partial charge is 0.355 e. The molecule has 0 saturated heterocycles. The second-order valence-electron chi connectivity index (χ2n) is 5.81. The normalized spacial score (nSPS) is 14.6. The van der Waals surface area contributed by atoms with Crippen molar-refractivity contribution in [2.24, 2.45) is 4.99 Å². The molecule has 1 saturated carbocycles. The number of likely N-dealkylation sites (N-methyl/N-ethyl adjacent to an activating group) is 1. The van der Waals surface area contributed by atoms with Crippen molar-refractivity contribution in [3.05, 3.63) is 35.9 Å². The van der Waals surface area contributed by atoms with Gasteiger partial charge in [-0.25, -0.2) is 4.99 Å². The first kappa shape index (κ1) is 19.2. The van der Waals surface area contributed by atoms with Crippen molar-refractivity contribution in [2.75, 3.05) is 33.7 Å². The number of hydrogen-bond donors (Lipinski definition) is 1. The summed E-state index contributed by atoms with van der Waals surface area (Å²) in [6.07, 6.45) is 2.74. The highest BCUT2D eigenvalue weighted by Gasteiger charge is 2.27. The number of nitrogens with one attached hydrogen (secondary N) is 1. The van der Waals surface area contributed by atoms with E-state index >= 15 is 0 Å². The van der Waals surface area contributed by atoms with Crippen molar-refractivity contribution >= 4 is 29.9 Å². The Balaban J connectivity index is 0.00000242. The topological polar surface area (TPSA) is 30.9 Å². The lowest BCUT2D eigenvalue weighted by Crippen LogP contribution is -2.41. The first-order valence-corrected chi connectivity index (χ1v) is 7.94.